The molecule has 2 rings (SSSR count). The van der Waals surface area contributed by atoms with Crippen molar-refractivity contribution in [2.24, 2.45) is 11.6 Å². The maximum absolute atomic E-state index is 10.9. The molecule has 0 fully saturated rings. The lowest BCUT2D eigenvalue weighted by Crippen LogP contribution is -2.12. The first-order valence-corrected chi connectivity index (χ1v) is 5.24. The average Bonchev–Trinajstić information content (AvgIpc) is 2.78. The molecule has 5 N–H and O–H groups in total. The molecule has 0 atom stereocenters. The van der Waals surface area contributed by atoms with E-state index in [2.05, 4.69) is 36.4 Å². The van der Waals surface area contributed by atoms with Crippen LogP contribution in [0.25, 0.3) is 5.82 Å². The Morgan fingerprint density at radius 3 is 2.82 bits per heavy atom. The van der Waals surface area contributed by atoms with Gasteiger partial charge in [0.1, 0.15) is 10.8 Å². The number of hydrazine groups is 1. The monoisotopic (exact) mass is 297 g/mol. The molecule has 2 heterocycles. The van der Waals surface area contributed by atoms with E-state index >= 15 is 0 Å². The highest BCUT2D eigenvalue weighted by atomic mass is 79.9. The van der Waals surface area contributed by atoms with Crippen LogP contribution in [-0.2, 0) is 0 Å². The summed E-state index contributed by atoms with van der Waals surface area (Å²) in [6.45, 7) is 0. The van der Waals surface area contributed by atoms with Gasteiger partial charge in [-0.15, -0.1) is 0 Å². The van der Waals surface area contributed by atoms with Gasteiger partial charge in [-0.25, -0.2) is 20.5 Å². The summed E-state index contributed by atoms with van der Waals surface area (Å²) in [5.41, 5.74) is 7.82. The van der Waals surface area contributed by atoms with E-state index in [1.165, 1.54) is 23.4 Å². The fourth-order valence-electron chi connectivity index (χ4n) is 1.19. The van der Waals surface area contributed by atoms with Crippen LogP contribution in [0.1, 0.15) is 10.4 Å². The van der Waals surface area contributed by atoms with Gasteiger partial charge in [0.25, 0.3) is 5.91 Å². The SMILES string of the molecule is NNc1ncnc(-n2cc(C(N)=O)cn2)c1Br. The lowest BCUT2D eigenvalue weighted by atomic mass is 10.3. The van der Waals surface area contributed by atoms with Crippen molar-refractivity contribution >= 4 is 27.7 Å². The van der Waals surface area contributed by atoms with Gasteiger partial charge in [-0.05, 0) is 15.9 Å². The molecule has 8 nitrogen and oxygen atoms in total. The first-order valence-electron chi connectivity index (χ1n) is 4.45. The van der Waals surface area contributed by atoms with Crippen molar-refractivity contribution in [2.75, 3.05) is 5.43 Å². The summed E-state index contributed by atoms with van der Waals surface area (Å²) in [5, 5.41) is 3.97. The molecule has 0 spiro atoms. The molecule has 0 aliphatic heterocycles. The third kappa shape index (κ3) is 2.10. The topological polar surface area (TPSA) is 125 Å². The van der Waals surface area contributed by atoms with Crippen molar-refractivity contribution in [2.45, 2.75) is 0 Å². The number of nitrogen functional groups attached to an aromatic ring is 1. The summed E-state index contributed by atoms with van der Waals surface area (Å²) in [6.07, 6.45) is 4.14. The maximum Gasteiger partial charge on any atom is 0.251 e. The van der Waals surface area contributed by atoms with Crippen LogP contribution < -0.4 is 17.0 Å². The first-order chi connectivity index (χ1) is 8.13. The van der Waals surface area contributed by atoms with Gasteiger partial charge >= 0.3 is 0 Å². The number of amides is 1. The van der Waals surface area contributed by atoms with Crippen LogP contribution >= 0.6 is 15.9 Å². The van der Waals surface area contributed by atoms with Gasteiger partial charge < -0.3 is 11.2 Å². The Labute approximate surface area is 104 Å². The van der Waals surface area contributed by atoms with E-state index in [4.69, 9.17) is 11.6 Å². The minimum Gasteiger partial charge on any atom is -0.366 e. The van der Waals surface area contributed by atoms with Gasteiger partial charge in [0.15, 0.2) is 11.6 Å². The van der Waals surface area contributed by atoms with Gasteiger partial charge in [0.2, 0.25) is 0 Å². The Balaban J connectivity index is 2.49. The van der Waals surface area contributed by atoms with Gasteiger partial charge in [0, 0.05) is 6.20 Å². The largest absolute Gasteiger partial charge is 0.366 e. The molecule has 0 unspecified atom stereocenters. The highest BCUT2D eigenvalue weighted by molar-refractivity contribution is 9.10. The molecule has 2 aromatic heterocycles. The number of hydrogen-bond donors (Lipinski definition) is 3. The molecule has 0 aromatic carbocycles. The van der Waals surface area contributed by atoms with Gasteiger partial charge in [-0.2, -0.15) is 5.10 Å². The quantitative estimate of drug-likeness (QED) is 0.533. The predicted molar refractivity (Wildman–Crippen MR) is 63.2 cm³/mol. The second kappa shape index (κ2) is 4.47. The predicted octanol–water partition coefficient (Wildman–Crippen LogP) is -0.191. The normalized spacial score (nSPS) is 10.2. The molecule has 88 valence electrons. The van der Waals surface area contributed by atoms with Gasteiger partial charge in [0.05, 0.1) is 11.8 Å². The van der Waals surface area contributed by atoms with E-state index in [-0.39, 0.29) is 5.56 Å². The summed E-state index contributed by atoms with van der Waals surface area (Å²) in [5.74, 6) is 5.57. The van der Waals surface area contributed by atoms with Crippen LogP contribution in [-0.4, -0.2) is 25.7 Å². The molecular weight excluding hydrogens is 290 g/mol. The number of hydrogen-bond acceptors (Lipinski definition) is 6. The number of rotatable bonds is 3. The van der Waals surface area contributed by atoms with Crippen LogP contribution in [0.5, 0.6) is 0 Å². The average molecular weight is 298 g/mol. The third-order valence-electron chi connectivity index (χ3n) is 1.99. The summed E-state index contributed by atoms with van der Waals surface area (Å²) in [6, 6.07) is 0. The Bertz CT molecular complexity index is 567. The Morgan fingerprint density at radius 1 is 1.47 bits per heavy atom. The first kappa shape index (κ1) is 11.5. The Hall–Kier alpha value is -2.00. The molecular formula is C8H8BrN7O. The van der Waals surface area contributed by atoms with Crippen LogP contribution in [0.15, 0.2) is 23.2 Å². The van der Waals surface area contributed by atoms with Crippen molar-refractivity contribution in [3.05, 3.63) is 28.8 Å². The van der Waals surface area contributed by atoms with Crippen molar-refractivity contribution in [3.63, 3.8) is 0 Å². The van der Waals surface area contributed by atoms with Crippen LogP contribution in [0.3, 0.4) is 0 Å². The second-order valence-corrected chi connectivity index (χ2v) is 3.84. The smallest absolute Gasteiger partial charge is 0.251 e. The zero-order chi connectivity index (χ0) is 12.4. The zero-order valence-corrected chi connectivity index (χ0v) is 10.0. The molecule has 0 saturated carbocycles. The highest BCUT2D eigenvalue weighted by Crippen LogP contribution is 2.24. The van der Waals surface area contributed by atoms with E-state index in [0.717, 1.165) is 0 Å². The van der Waals surface area contributed by atoms with Crippen LogP contribution in [0.2, 0.25) is 0 Å². The summed E-state index contributed by atoms with van der Waals surface area (Å²) < 4.78 is 1.92. The fourth-order valence-corrected chi connectivity index (χ4v) is 1.69. The number of primary amides is 1. The fraction of sp³-hybridized carbons (Fsp3) is 0. The number of nitrogens with one attached hydrogen (secondary N) is 1. The summed E-state index contributed by atoms with van der Waals surface area (Å²) in [7, 11) is 0. The number of carbonyl (C=O) groups excluding carboxylic acids is 1. The number of anilines is 1. The molecule has 0 aliphatic carbocycles. The number of aromatic nitrogens is 4. The van der Waals surface area contributed by atoms with Crippen LogP contribution in [0, 0.1) is 0 Å². The van der Waals surface area contributed by atoms with Crippen molar-refractivity contribution in [3.8, 4) is 5.82 Å². The van der Waals surface area contributed by atoms with E-state index in [1.807, 2.05) is 0 Å². The lowest BCUT2D eigenvalue weighted by Gasteiger charge is -2.06. The van der Waals surface area contributed by atoms with E-state index in [9.17, 15) is 4.79 Å². The third-order valence-corrected chi connectivity index (χ3v) is 2.72. The van der Waals surface area contributed by atoms with Crippen molar-refractivity contribution < 1.29 is 4.79 Å². The minimum atomic E-state index is -0.557. The standard InChI is InChI=1S/C8H8BrN7O/c9-5-7(15-11)12-3-13-8(5)16-2-4(1-14-16)6(10)17/h1-3H,11H2,(H2,10,17)(H,12,13,15). The number of carbonyl (C=O) groups is 1. The maximum atomic E-state index is 10.9. The number of halogens is 1. The lowest BCUT2D eigenvalue weighted by molar-refractivity contribution is 0.100. The second-order valence-electron chi connectivity index (χ2n) is 3.04. The van der Waals surface area contributed by atoms with E-state index < -0.39 is 5.91 Å². The zero-order valence-electron chi connectivity index (χ0n) is 8.46. The molecule has 0 radical (unpaired) electrons. The molecule has 0 aliphatic rings. The number of nitrogens with zero attached hydrogens (tertiary/aromatic N) is 4. The van der Waals surface area contributed by atoms with Crippen molar-refractivity contribution in [1.82, 2.24) is 19.7 Å². The molecule has 1 amide bonds. The molecule has 0 bridgehead atoms. The molecule has 9 heteroatoms. The van der Waals surface area contributed by atoms with Crippen LogP contribution in [0.4, 0.5) is 5.82 Å². The van der Waals surface area contributed by atoms with Gasteiger partial charge in [-0.1, -0.05) is 0 Å². The summed E-state index contributed by atoms with van der Waals surface area (Å²) >= 11 is 3.28. The Morgan fingerprint density at radius 2 is 2.24 bits per heavy atom. The highest BCUT2D eigenvalue weighted by Gasteiger charge is 2.12. The minimum absolute atomic E-state index is 0.290. The summed E-state index contributed by atoms with van der Waals surface area (Å²) in [4.78, 5) is 18.9. The van der Waals surface area contributed by atoms with E-state index in [0.29, 0.717) is 16.1 Å². The molecule has 17 heavy (non-hydrogen) atoms. The molecule has 0 saturated heterocycles. The Kier molecular flexibility index (Phi) is 3.02. The molecule has 2 aromatic rings. The van der Waals surface area contributed by atoms with E-state index in [1.54, 1.807) is 0 Å². The number of nitrogens with two attached hydrogens (primary N) is 2. The van der Waals surface area contributed by atoms with Gasteiger partial charge in [-0.3, -0.25) is 4.79 Å². The van der Waals surface area contributed by atoms with Crippen molar-refractivity contribution in [1.29, 1.82) is 0 Å².